The second kappa shape index (κ2) is 50.7. The van der Waals surface area contributed by atoms with Gasteiger partial charge < -0.3 is 50.5 Å². The lowest BCUT2D eigenvalue weighted by Crippen LogP contribution is -2.60. The minimum absolute atomic E-state index is 0.264. The van der Waals surface area contributed by atoms with Gasteiger partial charge in [-0.25, -0.2) is 0 Å². The van der Waals surface area contributed by atoms with E-state index in [-0.39, 0.29) is 6.42 Å². The van der Waals surface area contributed by atoms with Crippen LogP contribution in [0.1, 0.15) is 303 Å². The van der Waals surface area contributed by atoms with Gasteiger partial charge in [-0.05, 0) is 38.5 Å². The molecule has 11 nitrogen and oxygen atoms in total. The number of ether oxygens (including phenoxy) is 2. The maximum absolute atomic E-state index is 13.2. The van der Waals surface area contributed by atoms with Crippen LogP contribution in [0.4, 0.5) is 0 Å². The van der Waals surface area contributed by atoms with Gasteiger partial charge in [-0.15, -0.1) is 0 Å². The van der Waals surface area contributed by atoms with E-state index in [0.717, 1.165) is 38.5 Å². The van der Waals surface area contributed by atoms with Crippen LogP contribution < -0.4 is 5.32 Å². The van der Waals surface area contributed by atoms with Crippen molar-refractivity contribution in [2.24, 2.45) is 0 Å². The molecule has 0 saturated carbocycles. The fourth-order valence-corrected chi connectivity index (χ4v) is 10.3. The van der Waals surface area contributed by atoms with E-state index < -0.39 is 74.2 Å². The van der Waals surface area contributed by atoms with Crippen LogP contribution in [-0.2, 0) is 14.3 Å². The molecule has 9 atom stereocenters. The van der Waals surface area contributed by atoms with Gasteiger partial charge in [-0.3, -0.25) is 4.79 Å². The molecule has 1 amide bonds. The Balaban J connectivity index is 2.19. The second-order valence-electron chi connectivity index (χ2n) is 22.1. The van der Waals surface area contributed by atoms with Crippen LogP contribution in [0.2, 0.25) is 0 Å². The summed E-state index contributed by atoms with van der Waals surface area (Å²) in [6, 6.07) is -1.16. The first-order valence-corrected chi connectivity index (χ1v) is 31.1. The van der Waals surface area contributed by atoms with Crippen molar-refractivity contribution in [3.8, 4) is 0 Å². The summed E-state index contributed by atoms with van der Waals surface area (Å²) >= 11 is 0. The zero-order chi connectivity index (χ0) is 52.5. The maximum atomic E-state index is 13.2. The Morgan fingerprint density at radius 1 is 0.472 bits per heavy atom. The molecule has 1 rings (SSSR count). The fraction of sp³-hybridized carbons (Fsp3) is 0.951. The first kappa shape index (κ1) is 68.9. The van der Waals surface area contributed by atoms with Gasteiger partial charge >= 0.3 is 0 Å². The Bertz CT molecular complexity index is 1180. The molecule has 0 radical (unpaired) electrons. The number of hydrogen-bond donors (Lipinski definition) is 8. The predicted octanol–water partition coefficient (Wildman–Crippen LogP) is 13.5. The number of carbonyl (C=O) groups excluding carboxylic acids is 1. The van der Waals surface area contributed by atoms with E-state index in [2.05, 4.69) is 31.3 Å². The van der Waals surface area contributed by atoms with E-state index in [1.165, 1.54) is 225 Å². The third-order valence-corrected chi connectivity index (χ3v) is 15.3. The number of carbonyl (C=O) groups is 1. The molecule has 1 fully saturated rings. The predicted molar refractivity (Wildman–Crippen MR) is 298 cm³/mol. The molecule has 428 valence electrons. The lowest BCUT2D eigenvalue weighted by atomic mass is 9.98. The molecule has 0 aromatic heterocycles. The minimum atomic E-state index is -1.66. The molecule has 1 aliphatic rings. The smallest absolute Gasteiger partial charge is 0.249 e. The van der Waals surface area contributed by atoms with Crippen molar-refractivity contribution >= 4 is 5.91 Å². The van der Waals surface area contributed by atoms with E-state index in [0.29, 0.717) is 19.3 Å². The number of aliphatic hydroxyl groups excluding tert-OH is 7. The van der Waals surface area contributed by atoms with Crippen LogP contribution in [0.3, 0.4) is 0 Å². The molecule has 9 unspecified atom stereocenters. The molecule has 8 N–H and O–H groups in total. The quantitative estimate of drug-likeness (QED) is 0.0215. The van der Waals surface area contributed by atoms with Crippen molar-refractivity contribution < 1.29 is 50.0 Å². The van der Waals surface area contributed by atoms with Crippen LogP contribution in [0.15, 0.2) is 12.2 Å². The number of unbranched alkanes of at least 4 members (excludes halogenated alkanes) is 40. The highest BCUT2D eigenvalue weighted by Crippen LogP contribution is 2.24. The summed E-state index contributed by atoms with van der Waals surface area (Å²) < 4.78 is 11.1. The average Bonchev–Trinajstić information content (AvgIpc) is 3.38. The highest BCUT2D eigenvalue weighted by molar-refractivity contribution is 5.80. The summed E-state index contributed by atoms with van der Waals surface area (Å²) in [6.07, 6.45) is 48.6. The van der Waals surface area contributed by atoms with E-state index in [4.69, 9.17) is 9.47 Å². The largest absolute Gasteiger partial charge is 0.394 e. The molecular weight excluding hydrogens is 907 g/mol. The van der Waals surface area contributed by atoms with Gasteiger partial charge in [0.05, 0.1) is 25.4 Å². The van der Waals surface area contributed by atoms with Gasteiger partial charge in [0.25, 0.3) is 0 Å². The summed E-state index contributed by atoms with van der Waals surface area (Å²) in [7, 11) is 0. The summed E-state index contributed by atoms with van der Waals surface area (Å²) in [5, 5.41) is 76.1. The van der Waals surface area contributed by atoms with Gasteiger partial charge in [0.1, 0.15) is 36.6 Å². The van der Waals surface area contributed by atoms with E-state index >= 15 is 0 Å². The van der Waals surface area contributed by atoms with Crippen molar-refractivity contribution in [3.63, 3.8) is 0 Å². The van der Waals surface area contributed by atoms with Crippen molar-refractivity contribution in [1.29, 1.82) is 0 Å². The molecule has 0 bridgehead atoms. The van der Waals surface area contributed by atoms with Crippen LogP contribution in [0, 0.1) is 0 Å². The highest BCUT2D eigenvalue weighted by atomic mass is 16.7. The molecule has 0 aliphatic carbocycles. The molecule has 1 heterocycles. The summed E-state index contributed by atoms with van der Waals surface area (Å²) in [5.74, 6) is -0.692. The summed E-state index contributed by atoms with van der Waals surface area (Å²) in [6.45, 7) is 3.49. The molecular formula is C61H119NO10. The van der Waals surface area contributed by atoms with E-state index in [1.54, 1.807) is 0 Å². The zero-order valence-electron chi connectivity index (χ0n) is 46.9. The number of nitrogens with one attached hydrogen (secondary N) is 1. The summed E-state index contributed by atoms with van der Waals surface area (Å²) in [5.41, 5.74) is 0. The summed E-state index contributed by atoms with van der Waals surface area (Å²) in [4.78, 5) is 13.2. The first-order valence-electron chi connectivity index (χ1n) is 31.1. The third-order valence-electron chi connectivity index (χ3n) is 15.3. The molecule has 11 heteroatoms. The standard InChI is InChI=1S/C61H119NO10/c1-3-5-7-9-11-13-15-17-19-20-21-22-23-24-25-26-27-28-29-30-31-32-33-34-35-37-39-41-43-45-47-49-54(65)60(70)62-52(51-71-61-59(69)58(68)57(67)55(50-63)72-61)56(66)53(64)48-46-44-42-40-38-36-18-16-14-12-10-8-6-4-2/h24-25,52-59,61,63-69H,3-23,26-51H2,1-2H3,(H,62,70)/b25-24-. The fourth-order valence-electron chi connectivity index (χ4n) is 10.3. The van der Waals surface area contributed by atoms with Gasteiger partial charge in [0.15, 0.2) is 6.29 Å². The molecule has 1 aliphatic heterocycles. The Kier molecular flexibility index (Phi) is 48.4. The van der Waals surface area contributed by atoms with Crippen LogP contribution in [-0.4, -0.2) is 110 Å². The maximum Gasteiger partial charge on any atom is 0.249 e. The van der Waals surface area contributed by atoms with Gasteiger partial charge in [0.2, 0.25) is 5.91 Å². The Morgan fingerprint density at radius 3 is 1.17 bits per heavy atom. The molecule has 0 aromatic carbocycles. The van der Waals surface area contributed by atoms with Crippen molar-refractivity contribution in [1.82, 2.24) is 5.32 Å². The highest BCUT2D eigenvalue weighted by Gasteiger charge is 2.44. The second-order valence-corrected chi connectivity index (χ2v) is 22.1. The lowest BCUT2D eigenvalue weighted by Gasteiger charge is -2.40. The molecule has 0 aromatic rings. The zero-order valence-corrected chi connectivity index (χ0v) is 46.9. The topological polar surface area (TPSA) is 189 Å². The number of hydrogen-bond acceptors (Lipinski definition) is 10. The lowest BCUT2D eigenvalue weighted by molar-refractivity contribution is -0.303. The van der Waals surface area contributed by atoms with Gasteiger partial charge in [-0.2, -0.15) is 0 Å². The van der Waals surface area contributed by atoms with Crippen molar-refractivity contribution in [2.45, 2.75) is 358 Å². The van der Waals surface area contributed by atoms with Crippen LogP contribution >= 0.6 is 0 Å². The molecule has 0 spiro atoms. The SMILES string of the molecule is CCCCCCCCCCCCCC/C=C\CCCCCCCCCCCCCCCCCC(O)C(=O)NC(COC1OC(CO)C(O)C(O)C1O)C(O)C(O)CCCCCCCCCCCCCCCC. The average molecular weight is 1030 g/mol. The number of amides is 1. The Hall–Kier alpha value is -1.15. The molecule has 72 heavy (non-hydrogen) atoms. The normalized spacial score (nSPS) is 20.0. The van der Waals surface area contributed by atoms with E-state index in [1.807, 2.05) is 0 Å². The Morgan fingerprint density at radius 2 is 0.806 bits per heavy atom. The van der Waals surface area contributed by atoms with Crippen LogP contribution in [0.25, 0.3) is 0 Å². The number of aliphatic hydroxyl groups is 7. The minimum Gasteiger partial charge on any atom is -0.394 e. The van der Waals surface area contributed by atoms with Gasteiger partial charge in [-0.1, -0.05) is 276 Å². The molecule has 1 saturated heterocycles. The Labute approximate surface area is 442 Å². The number of rotatable bonds is 54. The first-order chi connectivity index (χ1) is 35.2. The van der Waals surface area contributed by atoms with Crippen LogP contribution in [0.5, 0.6) is 0 Å². The number of allylic oxidation sites excluding steroid dienone is 2. The monoisotopic (exact) mass is 1030 g/mol. The van der Waals surface area contributed by atoms with E-state index in [9.17, 15) is 40.5 Å². The van der Waals surface area contributed by atoms with Crippen molar-refractivity contribution in [2.75, 3.05) is 13.2 Å². The van der Waals surface area contributed by atoms with Crippen molar-refractivity contribution in [3.05, 3.63) is 12.2 Å². The third kappa shape index (κ3) is 38.4. The van der Waals surface area contributed by atoms with Gasteiger partial charge in [0, 0.05) is 0 Å².